The van der Waals surface area contributed by atoms with Crippen LogP contribution in [-0.4, -0.2) is 69.1 Å². The SMILES string of the molecule is CC(C)(Cc1ccc(Oc2ncccc2C(N)=O)cc1)NC[C@H](O)COc1ccccc1-c1ccc(C(=O)O)s1.O=C(O)C(F)(F)F. The van der Waals surface area contributed by atoms with Gasteiger partial charge in [-0.25, -0.2) is 14.6 Å². The van der Waals surface area contributed by atoms with E-state index in [9.17, 15) is 33.0 Å². The standard InChI is InChI=1S/C30H31N3O6S.C2HF3O2/c1-30(2,16-19-9-11-21(12-10-19)39-28-23(27(31)35)7-5-15-32-28)33-17-20(34)18-38-24-8-4-3-6-22(24)25-13-14-26(40-25)29(36)37;3-2(4,5)1(6)7/h3-15,20,33-34H,16-18H2,1-2H3,(H2,31,35)(H,36,37);(H,6,7)/t20-;/m0./s1. The molecule has 4 rings (SSSR count). The number of primary amides is 1. The molecule has 0 saturated heterocycles. The maximum Gasteiger partial charge on any atom is 0.490 e. The average Bonchev–Trinajstić information content (AvgIpc) is 3.51. The number of alkyl halides is 3. The zero-order chi connectivity index (χ0) is 34.8. The number of β-amino-alcohol motifs (C(OH)–C–C–N with tert-alkyl or cyclic N) is 1. The van der Waals surface area contributed by atoms with Crippen molar-refractivity contribution in [3.63, 3.8) is 0 Å². The number of ether oxygens (including phenoxy) is 2. The van der Waals surface area contributed by atoms with Gasteiger partial charge < -0.3 is 35.8 Å². The molecule has 0 spiro atoms. The van der Waals surface area contributed by atoms with Gasteiger partial charge in [-0.1, -0.05) is 24.3 Å². The number of carbonyl (C=O) groups excluding carboxylic acids is 1. The molecule has 11 nitrogen and oxygen atoms in total. The number of nitrogens with one attached hydrogen (secondary N) is 1. The average molecular weight is 676 g/mol. The van der Waals surface area contributed by atoms with Gasteiger partial charge in [-0.2, -0.15) is 13.2 Å². The Morgan fingerprint density at radius 1 is 0.979 bits per heavy atom. The minimum absolute atomic E-state index is 0.0735. The summed E-state index contributed by atoms with van der Waals surface area (Å²) in [4.78, 5) is 36.9. The van der Waals surface area contributed by atoms with Crippen molar-refractivity contribution >= 4 is 29.2 Å². The maximum atomic E-state index is 11.6. The fraction of sp³-hybridized carbons (Fsp3) is 0.250. The van der Waals surface area contributed by atoms with E-state index in [4.69, 9.17) is 25.1 Å². The first-order chi connectivity index (χ1) is 22.1. The number of carboxylic acids is 2. The largest absolute Gasteiger partial charge is 0.490 e. The predicted molar refractivity (Wildman–Crippen MR) is 167 cm³/mol. The molecule has 6 N–H and O–H groups in total. The Labute approximate surface area is 271 Å². The first-order valence-corrected chi connectivity index (χ1v) is 14.7. The van der Waals surface area contributed by atoms with Gasteiger partial charge in [0, 0.05) is 28.7 Å². The number of nitrogens with two attached hydrogens (primary N) is 1. The molecule has 0 fully saturated rings. The van der Waals surface area contributed by atoms with Crippen LogP contribution in [-0.2, 0) is 11.2 Å². The Balaban J connectivity index is 0.000000771. The van der Waals surface area contributed by atoms with E-state index in [0.29, 0.717) is 24.5 Å². The summed E-state index contributed by atoms with van der Waals surface area (Å²) in [6.07, 6.45) is -3.63. The molecule has 1 atom stereocenters. The summed E-state index contributed by atoms with van der Waals surface area (Å²) in [5.41, 5.74) is 7.11. The first kappa shape index (κ1) is 36.5. The molecule has 0 saturated carbocycles. The van der Waals surface area contributed by atoms with E-state index in [1.165, 1.54) is 17.5 Å². The molecule has 2 heterocycles. The monoisotopic (exact) mass is 675 g/mol. The van der Waals surface area contributed by atoms with Crippen molar-refractivity contribution in [2.75, 3.05) is 13.2 Å². The van der Waals surface area contributed by atoms with Gasteiger partial charge in [-0.15, -0.1) is 11.3 Å². The Kier molecular flexibility index (Phi) is 12.4. The zero-order valence-electron chi connectivity index (χ0n) is 25.2. The van der Waals surface area contributed by atoms with E-state index in [-0.39, 0.29) is 28.5 Å². The smallest absolute Gasteiger partial charge is 0.490 e. The number of carboxylic acid groups (broad SMARTS) is 2. The summed E-state index contributed by atoms with van der Waals surface area (Å²) in [6.45, 7) is 4.48. The van der Waals surface area contributed by atoms with Crippen molar-refractivity contribution in [1.82, 2.24) is 10.3 Å². The van der Waals surface area contributed by atoms with Crippen molar-refractivity contribution in [1.29, 1.82) is 0 Å². The van der Waals surface area contributed by atoms with Crippen LogP contribution >= 0.6 is 11.3 Å². The number of nitrogens with zero attached hydrogens (tertiary/aromatic N) is 1. The Morgan fingerprint density at radius 3 is 2.23 bits per heavy atom. The fourth-order valence-electron chi connectivity index (χ4n) is 4.05. The quantitative estimate of drug-likeness (QED) is 0.123. The van der Waals surface area contributed by atoms with Crippen LogP contribution in [0.15, 0.2) is 79.0 Å². The van der Waals surface area contributed by atoms with E-state index < -0.39 is 30.1 Å². The predicted octanol–water partition coefficient (Wildman–Crippen LogP) is 5.38. The highest BCUT2D eigenvalue weighted by atomic mass is 32.1. The molecule has 0 aliphatic rings. The summed E-state index contributed by atoms with van der Waals surface area (Å²) in [7, 11) is 0. The van der Waals surface area contributed by atoms with Gasteiger partial charge >= 0.3 is 18.1 Å². The molecule has 2 aromatic heterocycles. The number of halogens is 3. The zero-order valence-corrected chi connectivity index (χ0v) is 26.0. The lowest BCUT2D eigenvalue weighted by molar-refractivity contribution is -0.192. The van der Waals surface area contributed by atoms with Gasteiger partial charge in [0.25, 0.3) is 5.91 Å². The van der Waals surface area contributed by atoms with E-state index in [0.717, 1.165) is 16.0 Å². The van der Waals surface area contributed by atoms with Gasteiger partial charge in [0.15, 0.2) is 0 Å². The molecule has 0 bridgehead atoms. The molecular weight excluding hydrogens is 643 g/mol. The molecule has 0 radical (unpaired) electrons. The van der Waals surface area contributed by atoms with Crippen LogP contribution < -0.4 is 20.5 Å². The van der Waals surface area contributed by atoms with Gasteiger partial charge in [-0.05, 0) is 74.4 Å². The number of aromatic carboxylic acids is 1. The molecule has 250 valence electrons. The van der Waals surface area contributed by atoms with Crippen LogP contribution in [0, 0.1) is 0 Å². The van der Waals surface area contributed by atoms with Crippen molar-refractivity contribution in [3.05, 3.63) is 95.0 Å². The third-order valence-corrected chi connectivity index (χ3v) is 7.39. The van der Waals surface area contributed by atoms with Crippen molar-refractivity contribution in [2.24, 2.45) is 5.73 Å². The van der Waals surface area contributed by atoms with Crippen LogP contribution in [0.1, 0.15) is 39.4 Å². The number of hydrogen-bond donors (Lipinski definition) is 5. The second-order valence-electron chi connectivity index (χ2n) is 10.6. The molecule has 15 heteroatoms. The van der Waals surface area contributed by atoms with Gasteiger partial charge in [-0.3, -0.25) is 4.79 Å². The number of benzene rings is 2. The Bertz CT molecular complexity index is 1680. The topological polar surface area (TPSA) is 181 Å². The number of hydrogen-bond acceptors (Lipinski definition) is 9. The highest BCUT2D eigenvalue weighted by Crippen LogP contribution is 2.35. The summed E-state index contributed by atoms with van der Waals surface area (Å²) in [5.74, 6) is -3.06. The number of amides is 1. The third kappa shape index (κ3) is 11.4. The van der Waals surface area contributed by atoms with Crippen LogP contribution in [0.2, 0.25) is 0 Å². The van der Waals surface area contributed by atoms with E-state index in [2.05, 4.69) is 10.3 Å². The summed E-state index contributed by atoms with van der Waals surface area (Å²) >= 11 is 1.18. The van der Waals surface area contributed by atoms with Gasteiger partial charge in [0.05, 0.1) is 0 Å². The van der Waals surface area contributed by atoms with Crippen molar-refractivity contribution < 1.29 is 52.3 Å². The molecular formula is C32H32F3N3O8S. The van der Waals surface area contributed by atoms with Gasteiger partial charge in [0.2, 0.25) is 5.88 Å². The molecule has 0 aliphatic heterocycles. The number of rotatable bonds is 13. The van der Waals surface area contributed by atoms with Crippen molar-refractivity contribution in [2.45, 2.75) is 38.1 Å². The number of aromatic nitrogens is 1. The van der Waals surface area contributed by atoms with Crippen LogP contribution in [0.5, 0.6) is 17.4 Å². The minimum Gasteiger partial charge on any atom is -0.490 e. The number of carbonyl (C=O) groups is 3. The maximum absolute atomic E-state index is 11.6. The number of aliphatic hydroxyl groups excluding tert-OH is 1. The highest BCUT2D eigenvalue weighted by Gasteiger charge is 2.38. The molecule has 2 aromatic carbocycles. The lowest BCUT2D eigenvalue weighted by atomic mass is 9.94. The first-order valence-electron chi connectivity index (χ1n) is 13.9. The number of aliphatic carboxylic acids is 1. The number of aliphatic hydroxyl groups is 1. The van der Waals surface area contributed by atoms with Crippen molar-refractivity contribution in [3.8, 4) is 27.8 Å². The normalized spacial score (nSPS) is 12.0. The second-order valence-corrected chi connectivity index (χ2v) is 11.7. The fourth-order valence-corrected chi connectivity index (χ4v) is 4.93. The summed E-state index contributed by atoms with van der Waals surface area (Å²) in [6, 6.07) is 21.3. The molecule has 1 amide bonds. The third-order valence-electron chi connectivity index (χ3n) is 6.28. The molecule has 4 aromatic rings. The second kappa shape index (κ2) is 16.0. The lowest BCUT2D eigenvalue weighted by Crippen LogP contribution is -2.46. The lowest BCUT2D eigenvalue weighted by Gasteiger charge is -2.28. The van der Waals surface area contributed by atoms with Crippen LogP contribution in [0.25, 0.3) is 10.4 Å². The number of thiophene rings is 1. The number of para-hydroxylation sites is 1. The van der Waals surface area contributed by atoms with E-state index in [1.807, 2.05) is 44.2 Å². The minimum atomic E-state index is -5.08. The molecule has 0 aliphatic carbocycles. The van der Waals surface area contributed by atoms with Gasteiger partial charge in [0.1, 0.15) is 34.7 Å². The highest BCUT2D eigenvalue weighted by molar-refractivity contribution is 7.17. The van der Waals surface area contributed by atoms with Crippen LogP contribution in [0.4, 0.5) is 13.2 Å². The number of pyridine rings is 1. The van der Waals surface area contributed by atoms with E-state index >= 15 is 0 Å². The van der Waals surface area contributed by atoms with E-state index in [1.54, 1.807) is 42.5 Å². The van der Waals surface area contributed by atoms with Crippen LogP contribution in [0.3, 0.4) is 0 Å². The molecule has 0 unspecified atom stereocenters. The summed E-state index contributed by atoms with van der Waals surface area (Å²) < 4.78 is 43.4. The Morgan fingerprint density at radius 2 is 1.64 bits per heavy atom. The molecule has 47 heavy (non-hydrogen) atoms. The Hall–Kier alpha value is -4.99. The summed E-state index contributed by atoms with van der Waals surface area (Å²) in [5, 5.41) is 30.3.